The zero-order valence-corrected chi connectivity index (χ0v) is 9.69. The van der Waals surface area contributed by atoms with Crippen molar-refractivity contribution < 1.29 is 22.3 Å². The molecule has 4 aliphatic carbocycles. The van der Waals surface area contributed by atoms with Crippen molar-refractivity contribution in [3.8, 4) is 0 Å². The average Bonchev–Trinajstić information content (AvgIpc) is 2.09. The summed E-state index contributed by atoms with van der Waals surface area (Å²) in [4.78, 5) is 11.6. The van der Waals surface area contributed by atoms with Gasteiger partial charge in [0, 0.05) is 11.8 Å². The molecular weight excluding hydrogens is 232 g/mol. The largest absolute Gasteiger partial charge is 0.394 e. The molecule has 2 N–H and O–H groups in total. The van der Waals surface area contributed by atoms with Crippen molar-refractivity contribution in [3.63, 3.8) is 0 Å². The molecule has 4 aliphatic rings. The maximum absolute atomic E-state index is 11.6. The van der Waals surface area contributed by atoms with Gasteiger partial charge >= 0.3 is 10.4 Å². The normalized spacial score (nSPS) is 40.5. The van der Waals surface area contributed by atoms with E-state index in [9.17, 15) is 4.79 Å². The summed E-state index contributed by atoms with van der Waals surface area (Å²) in [5.41, 5.74) is 0. The topological polar surface area (TPSA) is 91.7 Å². The van der Waals surface area contributed by atoms with Crippen molar-refractivity contribution in [2.75, 3.05) is 0 Å². The smallest absolute Gasteiger partial charge is 0.299 e. The molecule has 0 radical (unpaired) electrons. The molecule has 0 saturated heterocycles. The van der Waals surface area contributed by atoms with Crippen molar-refractivity contribution in [2.24, 2.45) is 23.7 Å². The first-order valence-electron chi connectivity index (χ1n) is 5.56. The van der Waals surface area contributed by atoms with E-state index < -0.39 is 10.4 Å². The molecule has 0 spiro atoms. The monoisotopic (exact) mass is 248 g/mol. The van der Waals surface area contributed by atoms with Gasteiger partial charge in [-0.3, -0.25) is 13.9 Å². The highest BCUT2D eigenvalue weighted by molar-refractivity contribution is 7.79. The van der Waals surface area contributed by atoms with Crippen LogP contribution in [0.2, 0.25) is 0 Å². The van der Waals surface area contributed by atoms with Crippen LogP contribution in [0.25, 0.3) is 0 Å². The molecule has 0 aromatic carbocycles. The second-order valence-electron chi connectivity index (χ2n) is 5.15. The minimum absolute atomic E-state index is 0.506. The van der Waals surface area contributed by atoms with Gasteiger partial charge in [0.2, 0.25) is 0 Å². The lowest BCUT2D eigenvalue weighted by Crippen LogP contribution is -2.45. The van der Waals surface area contributed by atoms with Crippen molar-refractivity contribution in [1.29, 1.82) is 0 Å². The van der Waals surface area contributed by atoms with Crippen LogP contribution in [-0.4, -0.2) is 23.3 Å². The van der Waals surface area contributed by atoms with E-state index >= 15 is 0 Å². The summed E-state index contributed by atoms with van der Waals surface area (Å²) in [7, 11) is -4.67. The molecule has 0 atom stereocenters. The van der Waals surface area contributed by atoms with Crippen LogP contribution >= 0.6 is 0 Å². The first-order chi connectivity index (χ1) is 7.33. The van der Waals surface area contributed by atoms with Crippen LogP contribution < -0.4 is 0 Å². The number of rotatable bonds is 0. The van der Waals surface area contributed by atoms with E-state index in [1.54, 1.807) is 0 Å². The number of carbonyl (C=O) groups excluding carboxylic acids is 1. The van der Waals surface area contributed by atoms with Gasteiger partial charge in [0.05, 0.1) is 0 Å². The summed E-state index contributed by atoms with van der Waals surface area (Å²) >= 11 is 0. The van der Waals surface area contributed by atoms with Gasteiger partial charge in [-0.2, -0.15) is 8.42 Å². The van der Waals surface area contributed by atoms with E-state index in [4.69, 9.17) is 17.5 Å². The predicted molar refractivity (Wildman–Crippen MR) is 56.2 cm³/mol. The van der Waals surface area contributed by atoms with E-state index in [-0.39, 0.29) is 0 Å². The van der Waals surface area contributed by atoms with Crippen LogP contribution in [-0.2, 0) is 15.2 Å². The lowest BCUT2D eigenvalue weighted by molar-refractivity contribution is -0.139. The molecule has 0 unspecified atom stereocenters. The average molecular weight is 248 g/mol. The molecule has 92 valence electrons. The van der Waals surface area contributed by atoms with Crippen LogP contribution in [0.3, 0.4) is 0 Å². The Labute approximate surface area is 94.8 Å². The fraction of sp³-hybridized carbons (Fsp3) is 0.900. The van der Waals surface area contributed by atoms with Crippen LogP contribution in [0.5, 0.6) is 0 Å². The van der Waals surface area contributed by atoms with Crippen molar-refractivity contribution in [1.82, 2.24) is 0 Å². The zero-order chi connectivity index (χ0) is 11.9. The Balaban J connectivity index is 0.000000168. The molecule has 4 fully saturated rings. The van der Waals surface area contributed by atoms with Crippen molar-refractivity contribution in [2.45, 2.75) is 32.1 Å². The van der Waals surface area contributed by atoms with Gasteiger partial charge in [-0.15, -0.1) is 0 Å². The molecule has 0 heterocycles. The third-order valence-corrected chi connectivity index (χ3v) is 3.94. The molecule has 0 amide bonds. The third kappa shape index (κ3) is 2.81. The maximum atomic E-state index is 11.6. The van der Waals surface area contributed by atoms with E-state index in [1.807, 2.05) is 0 Å². The summed E-state index contributed by atoms with van der Waals surface area (Å²) in [6.07, 6.45) is 6.41. The first kappa shape index (κ1) is 12.0. The molecule has 0 aromatic heterocycles. The number of Topliss-reactive ketones (excluding diaryl/α,β-unsaturated/α-hetero) is 1. The minimum Gasteiger partial charge on any atom is -0.299 e. The van der Waals surface area contributed by atoms with Gasteiger partial charge in [-0.25, -0.2) is 0 Å². The van der Waals surface area contributed by atoms with Gasteiger partial charge in [-0.1, -0.05) is 0 Å². The van der Waals surface area contributed by atoms with Crippen molar-refractivity contribution >= 4 is 16.2 Å². The van der Waals surface area contributed by atoms with Gasteiger partial charge < -0.3 is 0 Å². The summed E-state index contributed by atoms with van der Waals surface area (Å²) in [5, 5.41) is 0. The van der Waals surface area contributed by atoms with Gasteiger partial charge in [-0.05, 0) is 43.9 Å². The van der Waals surface area contributed by atoms with E-state index in [2.05, 4.69) is 0 Å². The second-order valence-corrected chi connectivity index (χ2v) is 6.05. The Morgan fingerprint density at radius 2 is 1.19 bits per heavy atom. The van der Waals surface area contributed by atoms with Crippen LogP contribution in [0.1, 0.15) is 32.1 Å². The summed E-state index contributed by atoms with van der Waals surface area (Å²) in [5.74, 6) is 3.51. The predicted octanol–water partition coefficient (Wildman–Crippen LogP) is 1.36. The summed E-state index contributed by atoms with van der Waals surface area (Å²) < 4.78 is 31.6. The van der Waals surface area contributed by atoms with Gasteiger partial charge in [0.15, 0.2) is 0 Å². The van der Waals surface area contributed by atoms with E-state index in [0.29, 0.717) is 17.6 Å². The van der Waals surface area contributed by atoms with E-state index in [1.165, 1.54) is 32.1 Å². The number of hydrogen-bond donors (Lipinski definition) is 2. The number of ketones is 1. The van der Waals surface area contributed by atoms with Crippen LogP contribution in [0, 0.1) is 23.7 Å². The Hall–Kier alpha value is -0.460. The third-order valence-electron chi connectivity index (χ3n) is 3.94. The standard InChI is InChI=1S/C10H14O.H2O4S/c11-10-8-2-6-1-7(4-8)5-9(10)3-6;1-5(2,3)4/h6-9H,1-5H2;(H2,1,2,3,4). The Morgan fingerprint density at radius 1 is 0.875 bits per heavy atom. The molecule has 16 heavy (non-hydrogen) atoms. The molecule has 4 rings (SSSR count). The second kappa shape index (κ2) is 4.09. The van der Waals surface area contributed by atoms with Crippen molar-refractivity contribution in [3.05, 3.63) is 0 Å². The minimum atomic E-state index is -4.67. The highest BCUT2D eigenvalue weighted by Crippen LogP contribution is 2.51. The Kier molecular flexibility index (Phi) is 3.07. The SMILES string of the molecule is O=C1C2CC3CC(C2)CC1C3.O=S(=O)(O)O. The van der Waals surface area contributed by atoms with Gasteiger partial charge in [0.25, 0.3) is 0 Å². The number of hydrogen-bond acceptors (Lipinski definition) is 3. The highest BCUT2D eigenvalue weighted by atomic mass is 32.3. The number of carbonyl (C=O) groups is 1. The van der Waals surface area contributed by atoms with Gasteiger partial charge in [0.1, 0.15) is 5.78 Å². The Bertz CT molecular complexity index is 348. The summed E-state index contributed by atoms with van der Waals surface area (Å²) in [6, 6.07) is 0. The lowest BCUT2D eigenvalue weighted by atomic mass is 9.56. The summed E-state index contributed by atoms with van der Waals surface area (Å²) in [6.45, 7) is 0. The Morgan fingerprint density at radius 3 is 1.50 bits per heavy atom. The fourth-order valence-electron chi connectivity index (χ4n) is 3.65. The molecule has 6 heteroatoms. The molecule has 0 aromatic rings. The van der Waals surface area contributed by atoms with Crippen LogP contribution in [0.15, 0.2) is 0 Å². The molecule has 5 nitrogen and oxygen atoms in total. The molecule has 4 bridgehead atoms. The fourth-order valence-corrected chi connectivity index (χ4v) is 3.65. The maximum Gasteiger partial charge on any atom is 0.394 e. The van der Waals surface area contributed by atoms with Crippen LogP contribution in [0.4, 0.5) is 0 Å². The lowest BCUT2D eigenvalue weighted by Gasteiger charge is -2.48. The van der Waals surface area contributed by atoms with E-state index in [0.717, 1.165) is 11.8 Å². The molecule has 0 aliphatic heterocycles. The quantitative estimate of drug-likeness (QED) is 0.631. The molecular formula is C10H16O5S. The molecule has 4 saturated carbocycles. The zero-order valence-electron chi connectivity index (χ0n) is 8.87. The first-order valence-corrected chi connectivity index (χ1v) is 6.96. The highest BCUT2D eigenvalue weighted by Gasteiger charge is 2.47.